The molecule has 0 N–H and O–H groups in total. The summed E-state index contributed by atoms with van der Waals surface area (Å²) in [6.07, 6.45) is 2.83. The van der Waals surface area contributed by atoms with Gasteiger partial charge in [-0.05, 0) is 29.0 Å². The van der Waals surface area contributed by atoms with Gasteiger partial charge in [0.2, 0.25) is 5.13 Å². The summed E-state index contributed by atoms with van der Waals surface area (Å²) in [6.45, 7) is 0. The Morgan fingerprint density at radius 1 is 1.41 bits per heavy atom. The predicted molar refractivity (Wildman–Crippen MR) is 70.2 cm³/mol. The molecular formula is C10H6BrN3O2S. The van der Waals surface area contributed by atoms with Crippen LogP contribution in [0.3, 0.4) is 0 Å². The SMILES string of the molecule is O=[N+]([O-])c1cnc(/N=C\c2ccc(Br)cc2)s1. The number of nitro groups is 1. The lowest BCUT2D eigenvalue weighted by Crippen LogP contribution is -1.80. The van der Waals surface area contributed by atoms with Crippen molar-refractivity contribution in [1.82, 2.24) is 4.98 Å². The summed E-state index contributed by atoms with van der Waals surface area (Å²) >= 11 is 4.28. The van der Waals surface area contributed by atoms with E-state index < -0.39 is 4.92 Å². The second kappa shape index (κ2) is 5.15. The predicted octanol–water partition coefficient (Wildman–Crippen LogP) is 3.56. The van der Waals surface area contributed by atoms with Crippen LogP contribution in [0, 0.1) is 10.1 Å². The van der Waals surface area contributed by atoms with Crippen LogP contribution in [0.15, 0.2) is 39.9 Å². The average molecular weight is 312 g/mol. The topological polar surface area (TPSA) is 68.4 Å². The first-order valence-corrected chi connectivity index (χ1v) is 6.16. The van der Waals surface area contributed by atoms with E-state index in [1.54, 1.807) is 6.21 Å². The summed E-state index contributed by atoms with van der Waals surface area (Å²) in [5.41, 5.74) is 0.908. The molecule has 1 heterocycles. The maximum atomic E-state index is 10.4. The quantitative estimate of drug-likeness (QED) is 0.494. The fourth-order valence-electron chi connectivity index (χ4n) is 1.08. The standard InChI is InChI=1S/C10H6BrN3O2S/c11-8-3-1-7(2-4-8)5-12-10-13-6-9(17-10)14(15)16/h1-6H/b12-5-. The van der Waals surface area contributed by atoms with E-state index in [-0.39, 0.29) is 5.00 Å². The number of hydrogen-bond acceptors (Lipinski definition) is 5. The fraction of sp³-hybridized carbons (Fsp3) is 0. The van der Waals surface area contributed by atoms with Gasteiger partial charge < -0.3 is 0 Å². The van der Waals surface area contributed by atoms with Crippen molar-refractivity contribution >= 4 is 43.6 Å². The number of nitrogens with zero attached hydrogens (tertiary/aromatic N) is 3. The van der Waals surface area contributed by atoms with Crippen molar-refractivity contribution in [3.05, 3.63) is 50.6 Å². The Morgan fingerprint density at radius 2 is 2.12 bits per heavy atom. The molecule has 1 aromatic heterocycles. The van der Waals surface area contributed by atoms with E-state index in [0.717, 1.165) is 21.4 Å². The van der Waals surface area contributed by atoms with E-state index in [4.69, 9.17) is 0 Å². The van der Waals surface area contributed by atoms with Crippen molar-refractivity contribution in [3.63, 3.8) is 0 Å². The molecule has 0 aliphatic heterocycles. The van der Waals surface area contributed by atoms with Gasteiger partial charge in [0.25, 0.3) is 0 Å². The third kappa shape index (κ3) is 3.18. The van der Waals surface area contributed by atoms with Crippen molar-refractivity contribution < 1.29 is 4.92 Å². The smallest absolute Gasteiger partial charge is 0.257 e. The van der Waals surface area contributed by atoms with Gasteiger partial charge in [-0.25, -0.2) is 9.98 Å². The Hall–Kier alpha value is -1.60. The van der Waals surface area contributed by atoms with Crippen LogP contribution in [0.2, 0.25) is 0 Å². The average Bonchev–Trinajstić information content (AvgIpc) is 2.77. The summed E-state index contributed by atoms with van der Waals surface area (Å²) in [5, 5.41) is 10.8. The van der Waals surface area contributed by atoms with Gasteiger partial charge in [-0.2, -0.15) is 0 Å². The molecule has 0 radical (unpaired) electrons. The van der Waals surface area contributed by atoms with Gasteiger partial charge in [0.15, 0.2) is 0 Å². The summed E-state index contributed by atoms with van der Waals surface area (Å²) in [5.74, 6) is 0. The van der Waals surface area contributed by atoms with E-state index in [1.165, 1.54) is 6.20 Å². The molecule has 0 aliphatic rings. The number of aromatic nitrogens is 1. The molecule has 0 saturated heterocycles. The molecule has 86 valence electrons. The van der Waals surface area contributed by atoms with Crippen LogP contribution in [0.5, 0.6) is 0 Å². The van der Waals surface area contributed by atoms with E-state index >= 15 is 0 Å². The second-order valence-electron chi connectivity index (χ2n) is 3.05. The third-order valence-electron chi connectivity index (χ3n) is 1.86. The molecule has 0 fully saturated rings. The highest BCUT2D eigenvalue weighted by Gasteiger charge is 2.09. The summed E-state index contributed by atoms with van der Waals surface area (Å²) in [6, 6.07) is 7.56. The first-order chi connectivity index (χ1) is 8.15. The lowest BCUT2D eigenvalue weighted by Gasteiger charge is -1.91. The zero-order valence-corrected chi connectivity index (χ0v) is 10.8. The molecular weight excluding hydrogens is 306 g/mol. The molecule has 0 bridgehead atoms. The lowest BCUT2D eigenvalue weighted by molar-refractivity contribution is -0.380. The van der Waals surface area contributed by atoms with Gasteiger partial charge in [-0.3, -0.25) is 10.1 Å². The first-order valence-electron chi connectivity index (χ1n) is 4.55. The monoisotopic (exact) mass is 311 g/mol. The Morgan fingerprint density at radius 3 is 2.71 bits per heavy atom. The molecule has 7 heteroatoms. The van der Waals surface area contributed by atoms with Crippen molar-refractivity contribution in [2.45, 2.75) is 0 Å². The minimum absolute atomic E-state index is 0.00652. The van der Waals surface area contributed by atoms with Crippen LogP contribution in [0.4, 0.5) is 10.1 Å². The number of hydrogen-bond donors (Lipinski definition) is 0. The fourth-order valence-corrected chi connectivity index (χ4v) is 1.92. The minimum atomic E-state index is -0.476. The highest BCUT2D eigenvalue weighted by Crippen LogP contribution is 2.27. The Kier molecular flexibility index (Phi) is 3.60. The van der Waals surface area contributed by atoms with Crippen LogP contribution in [-0.4, -0.2) is 16.1 Å². The number of rotatable bonds is 3. The lowest BCUT2D eigenvalue weighted by atomic mass is 10.2. The normalized spacial score (nSPS) is 10.9. The first kappa shape index (κ1) is 11.9. The van der Waals surface area contributed by atoms with E-state index in [9.17, 15) is 10.1 Å². The zero-order valence-electron chi connectivity index (χ0n) is 8.41. The van der Waals surface area contributed by atoms with Gasteiger partial charge in [0.1, 0.15) is 6.20 Å². The number of halogens is 1. The maximum absolute atomic E-state index is 10.4. The molecule has 0 atom stereocenters. The van der Waals surface area contributed by atoms with E-state index in [0.29, 0.717) is 5.13 Å². The molecule has 2 rings (SSSR count). The van der Waals surface area contributed by atoms with Crippen molar-refractivity contribution in [1.29, 1.82) is 0 Å². The third-order valence-corrected chi connectivity index (χ3v) is 3.24. The van der Waals surface area contributed by atoms with Crippen molar-refractivity contribution in [3.8, 4) is 0 Å². The molecule has 0 aliphatic carbocycles. The van der Waals surface area contributed by atoms with Crippen LogP contribution in [-0.2, 0) is 0 Å². The Bertz CT molecular complexity index is 565. The molecule has 5 nitrogen and oxygen atoms in total. The largest absolute Gasteiger partial charge is 0.345 e. The van der Waals surface area contributed by atoms with Crippen LogP contribution in [0.1, 0.15) is 5.56 Å². The van der Waals surface area contributed by atoms with Crippen LogP contribution < -0.4 is 0 Å². The highest BCUT2D eigenvalue weighted by molar-refractivity contribution is 9.10. The van der Waals surface area contributed by atoms with E-state index in [2.05, 4.69) is 25.9 Å². The van der Waals surface area contributed by atoms with Gasteiger partial charge in [0, 0.05) is 10.7 Å². The molecule has 0 unspecified atom stereocenters. The van der Waals surface area contributed by atoms with E-state index in [1.807, 2.05) is 24.3 Å². The molecule has 2 aromatic rings. The highest BCUT2D eigenvalue weighted by atomic mass is 79.9. The van der Waals surface area contributed by atoms with Gasteiger partial charge >= 0.3 is 5.00 Å². The summed E-state index contributed by atoms with van der Waals surface area (Å²) < 4.78 is 0.986. The molecule has 0 saturated carbocycles. The van der Waals surface area contributed by atoms with Gasteiger partial charge in [0.05, 0.1) is 4.92 Å². The van der Waals surface area contributed by atoms with Crippen LogP contribution >= 0.6 is 27.3 Å². The van der Waals surface area contributed by atoms with Gasteiger partial charge in [-0.15, -0.1) is 0 Å². The van der Waals surface area contributed by atoms with Gasteiger partial charge in [-0.1, -0.05) is 28.1 Å². The maximum Gasteiger partial charge on any atom is 0.345 e. The summed E-state index contributed by atoms with van der Waals surface area (Å²) in [7, 11) is 0. The number of thiazole rings is 1. The summed E-state index contributed by atoms with van der Waals surface area (Å²) in [4.78, 5) is 17.9. The Balaban J connectivity index is 2.14. The molecule has 17 heavy (non-hydrogen) atoms. The number of aliphatic imine (C=N–C) groups is 1. The van der Waals surface area contributed by atoms with Crippen molar-refractivity contribution in [2.75, 3.05) is 0 Å². The van der Waals surface area contributed by atoms with Crippen LogP contribution in [0.25, 0.3) is 0 Å². The zero-order chi connectivity index (χ0) is 12.3. The number of benzene rings is 1. The molecule has 0 amide bonds. The molecule has 0 spiro atoms. The second-order valence-corrected chi connectivity index (χ2v) is 4.95. The Labute approximate surface area is 109 Å². The minimum Gasteiger partial charge on any atom is -0.257 e. The van der Waals surface area contributed by atoms with Crippen molar-refractivity contribution in [2.24, 2.45) is 4.99 Å². The molecule has 1 aromatic carbocycles.